The molecule has 0 saturated heterocycles. The van der Waals surface area contributed by atoms with Crippen LogP contribution in [0.25, 0.3) is 0 Å². The Morgan fingerprint density at radius 2 is 2.00 bits per heavy atom. The highest BCUT2D eigenvalue weighted by Crippen LogP contribution is 2.04. The minimum atomic E-state index is -0.870. The maximum atomic E-state index is 13.2. The van der Waals surface area contributed by atoms with Gasteiger partial charge in [0, 0.05) is 18.4 Å². The number of nitrogens with two attached hydrogens (primary N) is 2. The highest BCUT2D eigenvalue weighted by atomic mass is 19.1. The van der Waals surface area contributed by atoms with Crippen LogP contribution in [0.2, 0.25) is 0 Å². The fraction of sp³-hybridized carbons (Fsp3) is 0.714. The number of nitrogens with one attached hydrogen (secondary N) is 3. The van der Waals surface area contributed by atoms with Crippen LogP contribution in [0.1, 0.15) is 34.1 Å². The van der Waals surface area contributed by atoms with Crippen molar-refractivity contribution in [2.45, 2.75) is 52.1 Å². The van der Waals surface area contributed by atoms with E-state index in [0.29, 0.717) is 6.42 Å². The standard InChI is InChI=1S/C14H29F2N5/c1-5-11(15)9-20-14(3,4)21-10(2)6-13(18)19-8-12(16)7-17/h6-7,11,13,19-21H,5,8-9,17-18H2,1-4H3/b10-6+,12-7-/t11-,13+/m1/s1. The lowest BCUT2D eigenvalue weighted by Crippen LogP contribution is -2.53. The molecule has 0 aromatic rings. The van der Waals surface area contributed by atoms with Gasteiger partial charge in [0.25, 0.3) is 0 Å². The van der Waals surface area contributed by atoms with Crippen molar-refractivity contribution in [3.63, 3.8) is 0 Å². The summed E-state index contributed by atoms with van der Waals surface area (Å²) in [6.45, 7) is 7.71. The first-order valence-electron chi connectivity index (χ1n) is 7.11. The van der Waals surface area contributed by atoms with Crippen molar-refractivity contribution < 1.29 is 8.78 Å². The van der Waals surface area contributed by atoms with E-state index in [0.717, 1.165) is 11.9 Å². The van der Waals surface area contributed by atoms with Gasteiger partial charge in [0.15, 0.2) is 0 Å². The first-order valence-corrected chi connectivity index (χ1v) is 7.11. The Labute approximate surface area is 126 Å². The molecule has 0 bridgehead atoms. The van der Waals surface area contributed by atoms with E-state index in [1.54, 1.807) is 13.0 Å². The largest absolute Gasteiger partial charge is 0.402 e. The first kappa shape index (κ1) is 19.8. The fourth-order valence-electron chi connectivity index (χ4n) is 1.69. The Kier molecular flexibility index (Phi) is 9.16. The molecule has 0 amide bonds. The summed E-state index contributed by atoms with van der Waals surface area (Å²) in [5, 5.41) is 9.06. The van der Waals surface area contributed by atoms with Crippen molar-refractivity contribution in [3.05, 3.63) is 23.8 Å². The second-order valence-electron chi connectivity index (χ2n) is 5.51. The van der Waals surface area contributed by atoms with Gasteiger partial charge < -0.3 is 16.8 Å². The second kappa shape index (κ2) is 9.70. The Hall–Kier alpha value is -1.18. The van der Waals surface area contributed by atoms with Crippen LogP contribution in [0, 0.1) is 0 Å². The third-order valence-corrected chi connectivity index (χ3v) is 2.84. The van der Waals surface area contributed by atoms with Gasteiger partial charge in [-0.15, -0.1) is 0 Å². The van der Waals surface area contributed by atoms with E-state index in [4.69, 9.17) is 11.5 Å². The molecule has 0 aliphatic carbocycles. The summed E-state index contributed by atoms with van der Waals surface area (Å²) < 4.78 is 26.1. The topological polar surface area (TPSA) is 88.1 Å². The molecule has 0 heterocycles. The van der Waals surface area contributed by atoms with Gasteiger partial charge in [-0.2, -0.15) is 0 Å². The van der Waals surface area contributed by atoms with Gasteiger partial charge in [0.2, 0.25) is 0 Å². The van der Waals surface area contributed by atoms with Gasteiger partial charge in [-0.05, 0) is 33.3 Å². The molecule has 124 valence electrons. The first-order chi connectivity index (χ1) is 9.70. The van der Waals surface area contributed by atoms with E-state index in [1.165, 1.54) is 0 Å². The summed E-state index contributed by atoms with van der Waals surface area (Å²) in [6, 6.07) is 0. The summed E-state index contributed by atoms with van der Waals surface area (Å²) in [6.07, 6.45) is 1.71. The molecule has 0 unspecified atom stereocenters. The molecular formula is C14H29F2N5. The van der Waals surface area contributed by atoms with Gasteiger partial charge in [0.1, 0.15) is 12.0 Å². The van der Waals surface area contributed by atoms with Crippen molar-refractivity contribution >= 4 is 0 Å². The zero-order valence-corrected chi connectivity index (χ0v) is 13.3. The fourth-order valence-corrected chi connectivity index (χ4v) is 1.69. The smallest absolute Gasteiger partial charge is 0.129 e. The molecule has 0 aliphatic rings. The minimum absolute atomic E-state index is 0.0247. The van der Waals surface area contributed by atoms with Crippen LogP contribution in [0.4, 0.5) is 8.78 Å². The van der Waals surface area contributed by atoms with Crippen molar-refractivity contribution in [2.24, 2.45) is 11.5 Å². The lowest BCUT2D eigenvalue weighted by atomic mass is 10.2. The summed E-state index contributed by atoms with van der Waals surface area (Å²) in [7, 11) is 0. The van der Waals surface area contributed by atoms with Crippen LogP contribution in [0.15, 0.2) is 23.8 Å². The number of hydrogen-bond donors (Lipinski definition) is 5. The number of allylic oxidation sites excluding steroid dienone is 1. The minimum Gasteiger partial charge on any atom is -0.402 e. The summed E-state index contributed by atoms with van der Waals surface area (Å²) in [5.74, 6) is -0.472. The molecule has 0 fully saturated rings. The van der Waals surface area contributed by atoms with Gasteiger partial charge in [-0.3, -0.25) is 10.6 Å². The molecule has 5 nitrogen and oxygen atoms in total. The molecule has 0 aliphatic heterocycles. The molecule has 21 heavy (non-hydrogen) atoms. The highest BCUT2D eigenvalue weighted by Gasteiger charge is 2.18. The third-order valence-electron chi connectivity index (χ3n) is 2.84. The van der Waals surface area contributed by atoms with E-state index in [1.807, 2.05) is 20.8 Å². The van der Waals surface area contributed by atoms with Gasteiger partial charge >= 0.3 is 0 Å². The monoisotopic (exact) mass is 305 g/mol. The second-order valence-corrected chi connectivity index (χ2v) is 5.51. The molecule has 0 aromatic carbocycles. The zero-order chi connectivity index (χ0) is 16.5. The van der Waals surface area contributed by atoms with Crippen LogP contribution >= 0.6 is 0 Å². The predicted molar refractivity (Wildman–Crippen MR) is 83.5 cm³/mol. The van der Waals surface area contributed by atoms with E-state index < -0.39 is 23.8 Å². The predicted octanol–water partition coefficient (Wildman–Crippen LogP) is 1.20. The number of rotatable bonds is 10. The zero-order valence-electron chi connectivity index (χ0n) is 13.3. The summed E-state index contributed by atoms with van der Waals surface area (Å²) in [5.41, 5.74) is 11.2. The number of alkyl halides is 1. The Balaban J connectivity index is 4.30. The Morgan fingerprint density at radius 3 is 2.52 bits per heavy atom. The average molecular weight is 305 g/mol. The summed E-state index contributed by atoms with van der Waals surface area (Å²) >= 11 is 0. The van der Waals surface area contributed by atoms with E-state index in [2.05, 4.69) is 16.0 Å². The maximum absolute atomic E-state index is 13.2. The summed E-state index contributed by atoms with van der Waals surface area (Å²) in [4.78, 5) is 0. The van der Waals surface area contributed by atoms with Gasteiger partial charge in [0.05, 0.1) is 18.4 Å². The molecule has 0 saturated carbocycles. The Morgan fingerprint density at radius 1 is 1.38 bits per heavy atom. The normalized spacial score (nSPS) is 16.7. The quantitative estimate of drug-likeness (QED) is 0.391. The van der Waals surface area contributed by atoms with E-state index in [9.17, 15) is 8.78 Å². The third kappa shape index (κ3) is 10.2. The Bertz CT molecular complexity index is 355. The van der Waals surface area contributed by atoms with Crippen LogP contribution in [0.3, 0.4) is 0 Å². The molecule has 0 spiro atoms. The lowest BCUT2D eigenvalue weighted by Gasteiger charge is -2.30. The van der Waals surface area contributed by atoms with Crippen LogP contribution < -0.4 is 27.4 Å². The van der Waals surface area contributed by atoms with Crippen LogP contribution in [0.5, 0.6) is 0 Å². The van der Waals surface area contributed by atoms with Crippen molar-refractivity contribution in [1.29, 1.82) is 0 Å². The molecule has 0 rings (SSSR count). The average Bonchev–Trinajstić information content (AvgIpc) is 2.41. The van der Waals surface area contributed by atoms with Crippen molar-refractivity contribution in [1.82, 2.24) is 16.0 Å². The highest BCUT2D eigenvalue weighted by molar-refractivity contribution is 5.04. The van der Waals surface area contributed by atoms with Gasteiger partial charge in [-0.25, -0.2) is 8.78 Å². The van der Waals surface area contributed by atoms with Crippen LogP contribution in [-0.4, -0.2) is 31.1 Å². The van der Waals surface area contributed by atoms with Crippen molar-refractivity contribution in [3.8, 4) is 0 Å². The van der Waals surface area contributed by atoms with E-state index >= 15 is 0 Å². The molecular weight excluding hydrogens is 276 g/mol. The number of hydrogen-bond acceptors (Lipinski definition) is 5. The molecule has 7 heteroatoms. The molecule has 0 aromatic heterocycles. The van der Waals surface area contributed by atoms with Gasteiger partial charge in [-0.1, -0.05) is 6.92 Å². The number of halogens is 2. The van der Waals surface area contributed by atoms with Crippen molar-refractivity contribution in [2.75, 3.05) is 13.1 Å². The lowest BCUT2D eigenvalue weighted by molar-refractivity contribution is 0.254. The maximum Gasteiger partial charge on any atom is 0.129 e. The van der Waals surface area contributed by atoms with Crippen LogP contribution in [-0.2, 0) is 0 Å². The molecule has 0 radical (unpaired) electrons. The molecule has 2 atom stereocenters. The molecule has 7 N–H and O–H groups in total. The van der Waals surface area contributed by atoms with E-state index in [-0.39, 0.29) is 13.1 Å². The SMILES string of the molecule is CC[C@@H](F)CNC(C)(C)N/C(C)=C/[C@@H](N)NC/C(F)=C/N.